The molecular formula is C21H31IN4O. The standard InChI is InChI=1S/C21H30N4O.HI/c1-15(2)16-9-8-10-17(13-16)24-21(22)23-14-19(25(3)4)18-11-6-7-12-20(18)26-5;/h6-13,15,19H,14H2,1-5H3,(H3,22,23,24);1H. The van der Waals surface area contributed by atoms with E-state index in [1.807, 2.05) is 44.4 Å². The van der Waals surface area contributed by atoms with E-state index in [2.05, 4.69) is 47.3 Å². The molecule has 5 nitrogen and oxygen atoms in total. The molecule has 1 atom stereocenters. The van der Waals surface area contributed by atoms with Crippen molar-refractivity contribution in [3.05, 3.63) is 59.7 Å². The number of hydrogen-bond acceptors (Lipinski definition) is 3. The van der Waals surface area contributed by atoms with Crippen molar-refractivity contribution < 1.29 is 4.74 Å². The van der Waals surface area contributed by atoms with Gasteiger partial charge in [0.05, 0.1) is 19.7 Å². The Morgan fingerprint density at radius 3 is 2.48 bits per heavy atom. The number of hydrogen-bond donors (Lipinski definition) is 2. The van der Waals surface area contributed by atoms with Crippen LogP contribution in [0.5, 0.6) is 5.75 Å². The Morgan fingerprint density at radius 1 is 1.15 bits per heavy atom. The van der Waals surface area contributed by atoms with Gasteiger partial charge in [-0.2, -0.15) is 0 Å². The molecule has 1 unspecified atom stereocenters. The number of benzene rings is 2. The zero-order chi connectivity index (χ0) is 19.1. The molecule has 27 heavy (non-hydrogen) atoms. The lowest BCUT2D eigenvalue weighted by atomic mass is 10.0. The van der Waals surface area contributed by atoms with Gasteiger partial charge in [-0.25, -0.2) is 0 Å². The molecule has 0 bridgehead atoms. The van der Waals surface area contributed by atoms with Crippen LogP contribution in [0, 0.1) is 0 Å². The van der Waals surface area contributed by atoms with Crippen molar-refractivity contribution in [1.82, 2.24) is 4.90 Å². The number of halogens is 1. The maximum Gasteiger partial charge on any atom is 0.193 e. The molecule has 6 heteroatoms. The number of aliphatic imine (C=N–C) groups is 1. The van der Waals surface area contributed by atoms with E-state index in [4.69, 9.17) is 10.5 Å². The Balaban J connectivity index is 0.00000364. The molecule has 0 heterocycles. The van der Waals surface area contributed by atoms with Crippen LogP contribution in [0.15, 0.2) is 53.5 Å². The molecule has 0 spiro atoms. The Kier molecular flexibility index (Phi) is 9.59. The van der Waals surface area contributed by atoms with Crippen molar-refractivity contribution in [3.8, 4) is 5.75 Å². The molecule has 0 aliphatic carbocycles. The largest absolute Gasteiger partial charge is 0.496 e. The molecule has 2 aromatic rings. The fourth-order valence-electron chi connectivity index (χ4n) is 2.83. The first-order chi connectivity index (χ1) is 12.4. The Bertz CT molecular complexity index is 746. The van der Waals surface area contributed by atoms with Crippen LogP contribution in [0.4, 0.5) is 5.69 Å². The van der Waals surface area contributed by atoms with E-state index in [0.29, 0.717) is 18.4 Å². The van der Waals surface area contributed by atoms with E-state index in [-0.39, 0.29) is 30.0 Å². The molecule has 0 aliphatic heterocycles. The van der Waals surface area contributed by atoms with E-state index in [0.717, 1.165) is 17.0 Å². The Morgan fingerprint density at radius 2 is 1.85 bits per heavy atom. The first kappa shape index (κ1) is 23.2. The molecule has 0 saturated heterocycles. The van der Waals surface area contributed by atoms with Crippen molar-refractivity contribution in [1.29, 1.82) is 0 Å². The number of nitrogens with one attached hydrogen (secondary N) is 1. The number of ether oxygens (including phenoxy) is 1. The minimum absolute atomic E-state index is 0. The van der Waals surface area contributed by atoms with Gasteiger partial charge < -0.3 is 20.7 Å². The highest BCUT2D eigenvalue weighted by molar-refractivity contribution is 14.0. The summed E-state index contributed by atoms with van der Waals surface area (Å²) >= 11 is 0. The van der Waals surface area contributed by atoms with Gasteiger partial charge >= 0.3 is 0 Å². The number of anilines is 1. The fraction of sp³-hybridized carbons (Fsp3) is 0.381. The van der Waals surface area contributed by atoms with Gasteiger partial charge in [0.2, 0.25) is 0 Å². The van der Waals surface area contributed by atoms with Crippen LogP contribution in [0.1, 0.15) is 36.9 Å². The van der Waals surface area contributed by atoms with Crippen LogP contribution in [0.2, 0.25) is 0 Å². The highest BCUT2D eigenvalue weighted by Gasteiger charge is 2.17. The molecule has 0 aromatic heterocycles. The number of guanidine groups is 1. The van der Waals surface area contributed by atoms with Crippen molar-refractivity contribution in [2.45, 2.75) is 25.8 Å². The first-order valence-corrected chi connectivity index (χ1v) is 8.88. The van der Waals surface area contributed by atoms with Gasteiger partial charge in [-0.15, -0.1) is 24.0 Å². The molecule has 0 amide bonds. The van der Waals surface area contributed by atoms with Crippen molar-refractivity contribution in [2.75, 3.05) is 33.1 Å². The summed E-state index contributed by atoms with van der Waals surface area (Å²) in [6, 6.07) is 16.3. The smallest absolute Gasteiger partial charge is 0.193 e. The molecule has 0 radical (unpaired) electrons. The average molecular weight is 482 g/mol. The zero-order valence-corrected chi connectivity index (χ0v) is 19.1. The van der Waals surface area contributed by atoms with Crippen LogP contribution in [0.25, 0.3) is 0 Å². The van der Waals surface area contributed by atoms with E-state index < -0.39 is 0 Å². The van der Waals surface area contributed by atoms with Crippen LogP contribution in [-0.4, -0.2) is 38.6 Å². The van der Waals surface area contributed by atoms with E-state index in [1.54, 1.807) is 7.11 Å². The number of nitrogens with zero attached hydrogens (tertiary/aromatic N) is 2. The summed E-state index contributed by atoms with van der Waals surface area (Å²) in [4.78, 5) is 6.67. The molecule has 0 aliphatic rings. The van der Waals surface area contributed by atoms with Gasteiger partial charge in [0.15, 0.2) is 5.96 Å². The van der Waals surface area contributed by atoms with Gasteiger partial charge in [-0.3, -0.25) is 4.99 Å². The number of methoxy groups -OCH3 is 1. The maximum absolute atomic E-state index is 6.12. The molecule has 2 rings (SSSR count). The van der Waals surface area contributed by atoms with Crippen LogP contribution in [-0.2, 0) is 0 Å². The molecule has 148 valence electrons. The lowest BCUT2D eigenvalue weighted by molar-refractivity contribution is 0.295. The highest BCUT2D eigenvalue weighted by atomic mass is 127. The molecule has 3 N–H and O–H groups in total. The summed E-state index contributed by atoms with van der Waals surface area (Å²) in [5.41, 5.74) is 9.44. The molecule has 0 saturated carbocycles. The van der Waals surface area contributed by atoms with Crippen LogP contribution in [0.3, 0.4) is 0 Å². The third-order valence-electron chi connectivity index (χ3n) is 4.38. The lowest BCUT2D eigenvalue weighted by Crippen LogP contribution is -2.27. The Labute approximate surface area is 180 Å². The topological polar surface area (TPSA) is 62.9 Å². The zero-order valence-electron chi connectivity index (χ0n) is 16.8. The summed E-state index contributed by atoms with van der Waals surface area (Å²) in [5.74, 6) is 1.74. The quantitative estimate of drug-likeness (QED) is 0.348. The average Bonchev–Trinajstić information content (AvgIpc) is 2.62. The number of rotatable bonds is 7. The van der Waals surface area contributed by atoms with E-state index in [1.165, 1.54) is 5.56 Å². The highest BCUT2D eigenvalue weighted by Crippen LogP contribution is 2.28. The van der Waals surface area contributed by atoms with Gasteiger partial charge in [-0.1, -0.05) is 44.2 Å². The number of nitrogens with two attached hydrogens (primary N) is 1. The second-order valence-electron chi connectivity index (χ2n) is 6.85. The predicted octanol–water partition coefficient (Wildman–Crippen LogP) is 4.47. The monoisotopic (exact) mass is 482 g/mol. The fourth-order valence-corrected chi connectivity index (χ4v) is 2.83. The second kappa shape index (κ2) is 11.1. The summed E-state index contributed by atoms with van der Waals surface area (Å²) in [6.07, 6.45) is 0. The van der Waals surface area contributed by atoms with Crippen molar-refractivity contribution in [2.24, 2.45) is 10.7 Å². The minimum atomic E-state index is 0. The van der Waals surface area contributed by atoms with Gasteiger partial charge in [0.25, 0.3) is 0 Å². The van der Waals surface area contributed by atoms with Gasteiger partial charge in [-0.05, 0) is 43.8 Å². The molecule has 0 fully saturated rings. The van der Waals surface area contributed by atoms with E-state index in [9.17, 15) is 0 Å². The van der Waals surface area contributed by atoms with Crippen LogP contribution < -0.4 is 15.8 Å². The van der Waals surface area contributed by atoms with E-state index >= 15 is 0 Å². The van der Waals surface area contributed by atoms with Crippen molar-refractivity contribution >= 4 is 35.6 Å². The van der Waals surface area contributed by atoms with Gasteiger partial charge in [0.1, 0.15) is 5.75 Å². The molecular weight excluding hydrogens is 451 g/mol. The summed E-state index contributed by atoms with van der Waals surface area (Å²) in [7, 11) is 5.75. The maximum atomic E-state index is 6.12. The summed E-state index contributed by atoms with van der Waals surface area (Å²) < 4.78 is 5.49. The second-order valence-corrected chi connectivity index (χ2v) is 6.85. The van der Waals surface area contributed by atoms with Crippen molar-refractivity contribution in [3.63, 3.8) is 0 Å². The number of para-hydroxylation sites is 1. The minimum Gasteiger partial charge on any atom is -0.496 e. The predicted molar refractivity (Wildman–Crippen MR) is 125 cm³/mol. The summed E-state index contributed by atoms with van der Waals surface area (Å²) in [6.45, 7) is 4.88. The lowest BCUT2D eigenvalue weighted by Gasteiger charge is -2.25. The normalized spacial score (nSPS) is 12.6. The van der Waals surface area contributed by atoms with Crippen LogP contribution >= 0.6 is 24.0 Å². The molecule has 2 aromatic carbocycles. The van der Waals surface area contributed by atoms with Gasteiger partial charge in [0, 0.05) is 11.3 Å². The SMILES string of the molecule is COc1ccccc1C(CN=C(N)Nc1cccc(C(C)C)c1)N(C)C.I. The summed E-state index contributed by atoms with van der Waals surface area (Å²) in [5, 5.41) is 3.19. The number of likely N-dealkylation sites (N-methyl/N-ethyl adjacent to an activating group) is 1. The first-order valence-electron chi connectivity index (χ1n) is 8.88. The third kappa shape index (κ3) is 6.70. The third-order valence-corrected chi connectivity index (χ3v) is 4.38. The Hall–Kier alpha value is -1.80.